The molecule has 16 heavy (non-hydrogen) atoms. The van der Waals surface area contributed by atoms with Gasteiger partial charge in [0.2, 0.25) is 0 Å². The summed E-state index contributed by atoms with van der Waals surface area (Å²) in [6, 6.07) is 3.98. The normalized spacial score (nSPS) is 25.8. The minimum atomic E-state index is 0.586. The molecule has 2 heterocycles. The molecule has 88 valence electrons. The molecule has 2 rings (SSSR count). The number of halogens is 1. The van der Waals surface area contributed by atoms with Crippen molar-refractivity contribution in [1.29, 1.82) is 0 Å². The van der Waals surface area contributed by atoms with Crippen molar-refractivity contribution >= 4 is 21.7 Å². The molecule has 2 N–H and O–H groups in total. The van der Waals surface area contributed by atoms with E-state index in [9.17, 15) is 0 Å². The van der Waals surface area contributed by atoms with Crippen LogP contribution in [0.2, 0.25) is 0 Å². The van der Waals surface area contributed by atoms with Crippen molar-refractivity contribution in [2.45, 2.75) is 13.3 Å². The minimum absolute atomic E-state index is 0.586. The van der Waals surface area contributed by atoms with Gasteiger partial charge < -0.3 is 10.6 Å². The van der Waals surface area contributed by atoms with Gasteiger partial charge in [0.15, 0.2) is 0 Å². The quantitative estimate of drug-likeness (QED) is 0.906. The fraction of sp³-hybridized carbons (Fsp3) is 0.583. The molecule has 0 radical (unpaired) electrons. The number of nitrogens with two attached hydrogens (primary N) is 1. The van der Waals surface area contributed by atoms with Gasteiger partial charge >= 0.3 is 0 Å². The van der Waals surface area contributed by atoms with E-state index >= 15 is 0 Å². The van der Waals surface area contributed by atoms with Gasteiger partial charge in [0.05, 0.1) is 4.47 Å². The molecular weight excluding hydrogens is 266 g/mol. The zero-order valence-corrected chi connectivity index (χ0v) is 11.2. The second-order valence-corrected chi connectivity index (χ2v) is 5.37. The summed E-state index contributed by atoms with van der Waals surface area (Å²) in [5, 5.41) is 0. The minimum Gasteiger partial charge on any atom is -0.355 e. The highest BCUT2D eigenvalue weighted by molar-refractivity contribution is 9.10. The molecule has 0 amide bonds. The first-order valence-corrected chi connectivity index (χ1v) is 6.57. The fourth-order valence-electron chi connectivity index (χ4n) is 2.26. The molecule has 0 saturated carbocycles. The molecule has 1 saturated heterocycles. The molecule has 1 aromatic heterocycles. The van der Waals surface area contributed by atoms with E-state index in [-0.39, 0.29) is 0 Å². The van der Waals surface area contributed by atoms with Gasteiger partial charge in [0, 0.05) is 19.3 Å². The lowest BCUT2D eigenvalue weighted by Crippen LogP contribution is -2.43. The van der Waals surface area contributed by atoms with E-state index in [0.29, 0.717) is 5.92 Å². The second kappa shape index (κ2) is 5.15. The maximum absolute atomic E-state index is 5.81. The Labute approximate surface area is 105 Å². The number of hydrogen-bond acceptors (Lipinski definition) is 3. The Morgan fingerprint density at radius 1 is 1.62 bits per heavy atom. The van der Waals surface area contributed by atoms with Crippen molar-refractivity contribution in [3.63, 3.8) is 0 Å². The molecule has 1 aliphatic heterocycles. The average molecular weight is 284 g/mol. The number of aromatic nitrogens is 1. The highest BCUT2D eigenvalue weighted by Gasteiger charge is 2.26. The Bertz CT molecular complexity index is 356. The van der Waals surface area contributed by atoms with Crippen LogP contribution in [0.15, 0.2) is 22.8 Å². The number of rotatable bonds is 2. The van der Waals surface area contributed by atoms with Gasteiger partial charge in [-0.2, -0.15) is 0 Å². The second-order valence-electron chi connectivity index (χ2n) is 4.52. The van der Waals surface area contributed by atoms with Crippen molar-refractivity contribution in [2.24, 2.45) is 17.6 Å². The van der Waals surface area contributed by atoms with E-state index in [1.54, 1.807) is 0 Å². The van der Waals surface area contributed by atoms with E-state index in [1.807, 2.05) is 18.3 Å². The van der Waals surface area contributed by atoms with Crippen LogP contribution in [-0.4, -0.2) is 24.6 Å². The van der Waals surface area contributed by atoms with Crippen LogP contribution in [0, 0.1) is 11.8 Å². The smallest absolute Gasteiger partial charge is 0.142 e. The van der Waals surface area contributed by atoms with Crippen molar-refractivity contribution in [1.82, 2.24) is 4.98 Å². The zero-order chi connectivity index (χ0) is 11.5. The van der Waals surface area contributed by atoms with Crippen LogP contribution in [0.1, 0.15) is 13.3 Å². The van der Waals surface area contributed by atoms with E-state index < -0.39 is 0 Å². The lowest BCUT2D eigenvalue weighted by atomic mass is 9.87. The van der Waals surface area contributed by atoms with Gasteiger partial charge in [-0.1, -0.05) is 6.92 Å². The Morgan fingerprint density at radius 3 is 3.12 bits per heavy atom. The summed E-state index contributed by atoms with van der Waals surface area (Å²) >= 11 is 3.55. The largest absolute Gasteiger partial charge is 0.355 e. The Balaban J connectivity index is 2.14. The van der Waals surface area contributed by atoms with Crippen LogP contribution < -0.4 is 10.6 Å². The van der Waals surface area contributed by atoms with Crippen molar-refractivity contribution in [3.8, 4) is 0 Å². The highest BCUT2D eigenvalue weighted by Crippen LogP contribution is 2.29. The lowest BCUT2D eigenvalue weighted by Gasteiger charge is -2.37. The van der Waals surface area contributed by atoms with Crippen LogP contribution in [0.25, 0.3) is 0 Å². The van der Waals surface area contributed by atoms with Crippen LogP contribution in [0.3, 0.4) is 0 Å². The third-order valence-corrected chi connectivity index (χ3v) is 4.07. The topological polar surface area (TPSA) is 42.2 Å². The summed E-state index contributed by atoms with van der Waals surface area (Å²) in [5.74, 6) is 2.36. The molecule has 3 nitrogen and oxygen atoms in total. The molecule has 0 spiro atoms. The van der Waals surface area contributed by atoms with Gasteiger partial charge in [0.1, 0.15) is 5.82 Å². The molecule has 1 fully saturated rings. The first-order chi connectivity index (χ1) is 7.72. The van der Waals surface area contributed by atoms with Gasteiger partial charge in [-0.3, -0.25) is 0 Å². The predicted molar refractivity (Wildman–Crippen MR) is 70.5 cm³/mol. The van der Waals surface area contributed by atoms with E-state index in [2.05, 4.69) is 32.7 Å². The summed E-state index contributed by atoms with van der Waals surface area (Å²) in [5.41, 5.74) is 5.81. The summed E-state index contributed by atoms with van der Waals surface area (Å²) in [4.78, 5) is 6.77. The number of piperidine rings is 1. The summed E-state index contributed by atoms with van der Waals surface area (Å²) in [6.07, 6.45) is 3.04. The first kappa shape index (κ1) is 11.9. The Morgan fingerprint density at radius 2 is 2.44 bits per heavy atom. The molecule has 0 bridgehead atoms. The SMILES string of the molecule is CC1CCN(c2ncccc2Br)CC1CN. The molecular formula is C12H18BrN3. The van der Waals surface area contributed by atoms with Crippen LogP contribution in [-0.2, 0) is 0 Å². The molecule has 0 aliphatic carbocycles. The number of hydrogen-bond donors (Lipinski definition) is 1. The highest BCUT2D eigenvalue weighted by atomic mass is 79.9. The summed E-state index contributed by atoms with van der Waals surface area (Å²) in [7, 11) is 0. The maximum atomic E-state index is 5.81. The monoisotopic (exact) mass is 283 g/mol. The van der Waals surface area contributed by atoms with Crippen LogP contribution in [0.5, 0.6) is 0 Å². The van der Waals surface area contributed by atoms with Crippen LogP contribution >= 0.6 is 15.9 Å². The van der Waals surface area contributed by atoms with Crippen molar-refractivity contribution < 1.29 is 0 Å². The number of anilines is 1. The third-order valence-electron chi connectivity index (χ3n) is 3.46. The van der Waals surface area contributed by atoms with Crippen LogP contribution in [0.4, 0.5) is 5.82 Å². The lowest BCUT2D eigenvalue weighted by molar-refractivity contribution is 0.306. The standard InChI is InChI=1S/C12H18BrN3/c1-9-4-6-16(8-10(9)7-14)12-11(13)3-2-5-15-12/h2-3,5,9-10H,4,6-8,14H2,1H3. The van der Waals surface area contributed by atoms with Gasteiger partial charge in [-0.25, -0.2) is 4.98 Å². The van der Waals surface area contributed by atoms with Gasteiger partial charge in [-0.15, -0.1) is 0 Å². The molecule has 4 heteroatoms. The molecule has 2 atom stereocenters. The number of pyridine rings is 1. The fourth-order valence-corrected chi connectivity index (χ4v) is 2.76. The molecule has 1 aromatic rings. The van der Waals surface area contributed by atoms with Gasteiger partial charge in [0.25, 0.3) is 0 Å². The zero-order valence-electron chi connectivity index (χ0n) is 9.56. The molecule has 0 aromatic carbocycles. The van der Waals surface area contributed by atoms with Crippen molar-refractivity contribution in [2.75, 3.05) is 24.5 Å². The Hall–Kier alpha value is -0.610. The number of nitrogens with zero attached hydrogens (tertiary/aromatic N) is 2. The van der Waals surface area contributed by atoms with Crippen molar-refractivity contribution in [3.05, 3.63) is 22.8 Å². The average Bonchev–Trinajstić information content (AvgIpc) is 2.31. The summed E-state index contributed by atoms with van der Waals surface area (Å²) < 4.78 is 1.07. The molecule has 1 aliphatic rings. The van der Waals surface area contributed by atoms with E-state index in [4.69, 9.17) is 5.73 Å². The predicted octanol–water partition coefficient (Wildman–Crippen LogP) is 2.27. The third kappa shape index (κ3) is 2.38. The van der Waals surface area contributed by atoms with E-state index in [1.165, 1.54) is 6.42 Å². The summed E-state index contributed by atoms with van der Waals surface area (Å²) in [6.45, 7) is 5.16. The molecule has 2 unspecified atom stereocenters. The maximum Gasteiger partial charge on any atom is 0.142 e. The Kier molecular flexibility index (Phi) is 3.82. The van der Waals surface area contributed by atoms with Gasteiger partial charge in [-0.05, 0) is 52.9 Å². The first-order valence-electron chi connectivity index (χ1n) is 5.78. The van der Waals surface area contributed by atoms with E-state index in [0.717, 1.165) is 35.8 Å².